The molecule has 0 radical (unpaired) electrons. The van der Waals surface area contributed by atoms with Gasteiger partial charge in [-0.25, -0.2) is 16.8 Å². The van der Waals surface area contributed by atoms with Gasteiger partial charge >= 0.3 is 0 Å². The van der Waals surface area contributed by atoms with Crippen molar-refractivity contribution >= 4 is 19.7 Å². The molecule has 184 valence electrons. The second-order valence-corrected chi connectivity index (χ2v) is 14.6. The third-order valence-corrected chi connectivity index (χ3v) is 9.43. The normalized spacial score (nSPS) is 13.3. The van der Waals surface area contributed by atoms with Crippen LogP contribution >= 0.6 is 0 Å². The van der Waals surface area contributed by atoms with Gasteiger partial charge < -0.3 is 4.74 Å². The molecule has 33 heavy (non-hydrogen) atoms. The number of ether oxygens (including phenoxy) is 1. The van der Waals surface area contributed by atoms with E-state index >= 15 is 0 Å². The highest BCUT2D eigenvalue weighted by atomic mass is 32.2. The van der Waals surface area contributed by atoms with Gasteiger partial charge in [-0.3, -0.25) is 0 Å². The van der Waals surface area contributed by atoms with E-state index in [-0.39, 0.29) is 23.0 Å². The fraction of sp³-hybridized carbons (Fsp3) is 0.538. The van der Waals surface area contributed by atoms with Gasteiger partial charge in [-0.1, -0.05) is 36.4 Å². The van der Waals surface area contributed by atoms with E-state index in [0.29, 0.717) is 0 Å². The molecule has 2 rings (SSSR count). The molecule has 0 heterocycles. The molecular formula is C26H38O5S2. The summed E-state index contributed by atoms with van der Waals surface area (Å²) in [5.41, 5.74) is 3.28. The van der Waals surface area contributed by atoms with Crippen LogP contribution in [-0.4, -0.2) is 39.5 Å². The molecule has 0 saturated heterocycles. The van der Waals surface area contributed by atoms with Crippen molar-refractivity contribution in [3.8, 4) is 0 Å². The third kappa shape index (κ3) is 8.23. The van der Waals surface area contributed by atoms with Crippen molar-refractivity contribution in [2.45, 2.75) is 78.1 Å². The van der Waals surface area contributed by atoms with Crippen molar-refractivity contribution in [1.29, 1.82) is 0 Å². The number of sulfone groups is 2. The molecule has 7 heteroatoms. The molecule has 0 aliphatic carbocycles. The number of hydrogen-bond acceptors (Lipinski definition) is 5. The maximum atomic E-state index is 13.0. The average molecular weight is 495 g/mol. The fourth-order valence-corrected chi connectivity index (χ4v) is 8.79. The van der Waals surface area contributed by atoms with Crippen LogP contribution in [0.5, 0.6) is 0 Å². The zero-order chi connectivity index (χ0) is 25.2. The topological polar surface area (TPSA) is 77.5 Å². The molecule has 0 spiro atoms. The molecule has 0 amide bonds. The van der Waals surface area contributed by atoms with Gasteiger partial charge in [0.1, 0.15) is 0 Å². The average Bonchev–Trinajstić information content (AvgIpc) is 2.58. The van der Waals surface area contributed by atoms with Crippen LogP contribution in [0.15, 0.2) is 36.4 Å². The van der Waals surface area contributed by atoms with Gasteiger partial charge in [-0.05, 0) is 88.8 Å². The zero-order valence-electron chi connectivity index (χ0n) is 21.2. The van der Waals surface area contributed by atoms with E-state index in [4.69, 9.17) is 4.74 Å². The highest BCUT2D eigenvalue weighted by Crippen LogP contribution is 2.27. The van der Waals surface area contributed by atoms with E-state index in [1.807, 2.05) is 64.1 Å². The molecule has 0 aliphatic heterocycles. The second-order valence-electron chi connectivity index (χ2n) is 10.4. The molecule has 0 saturated carbocycles. The first kappa shape index (κ1) is 27.5. The fourth-order valence-electron chi connectivity index (χ4n) is 4.56. The Kier molecular flexibility index (Phi) is 8.25. The molecule has 0 aliphatic rings. The smallest absolute Gasteiger partial charge is 0.157 e. The van der Waals surface area contributed by atoms with Crippen LogP contribution in [0.3, 0.4) is 0 Å². The van der Waals surface area contributed by atoms with E-state index < -0.39 is 30.9 Å². The van der Waals surface area contributed by atoms with Crippen molar-refractivity contribution in [3.05, 3.63) is 69.8 Å². The van der Waals surface area contributed by atoms with Crippen LogP contribution in [0.4, 0.5) is 0 Å². The van der Waals surface area contributed by atoms with E-state index in [9.17, 15) is 16.8 Å². The predicted molar refractivity (Wildman–Crippen MR) is 136 cm³/mol. The summed E-state index contributed by atoms with van der Waals surface area (Å²) < 4.78 is 58.2. The Morgan fingerprint density at radius 3 is 1.15 bits per heavy atom. The summed E-state index contributed by atoms with van der Waals surface area (Å²) >= 11 is 0. The highest BCUT2D eigenvalue weighted by Gasteiger charge is 2.36. The molecule has 0 fully saturated rings. The standard InChI is InChI=1S/C26H38O5S2/c1-19-11-9-12-20(2)23(19)15-32(27,28)17-25(5,6)31-26(7,8)18-33(29,30)16-24-21(3)13-10-14-22(24)4/h9-14H,15-18H2,1-8H3. The lowest BCUT2D eigenvalue weighted by Gasteiger charge is -2.36. The molecule has 0 bridgehead atoms. The van der Waals surface area contributed by atoms with Crippen molar-refractivity contribution in [2.24, 2.45) is 0 Å². The van der Waals surface area contributed by atoms with Crippen LogP contribution < -0.4 is 0 Å². The monoisotopic (exact) mass is 494 g/mol. The summed E-state index contributed by atoms with van der Waals surface area (Å²) in [7, 11) is -6.98. The van der Waals surface area contributed by atoms with Gasteiger partial charge in [0, 0.05) is 0 Å². The van der Waals surface area contributed by atoms with E-state index in [1.54, 1.807) is 27.7 Å². The molecular weight excluding hydrogens is 456 g/mol. The zero-order valence-corrected chi connectivity index (χ0v) is 22.8. The van der Waals surface area contributed by atoms with E-state index in [0.717, 1.165) is 33.4 Å². The Balaban J connectivity index is 2.13. The minimum Gasteiger partial charge on any atom is -0.368 e. The van der Waals surface area contributed by atoms with E-state index in [1.165, 1.54) is 0 Å². The molecule has 5 nitrogen and oxygen atoms in total. The molecule has 0 unspecified atom stereocenters. The van der Waals surface area contributed by atoms with Crippen LogP contribution in [0.2, 0.25) is 0 Å². The Labute approximate surface area is 200 Å². The molecule has 0 N–H and O–H groups in total. The summed E-state index contributed by atoms with van der Waals surface area (Å²) in [6.07, 6.45) is 0. The lowest BCUT2D eigenvalue weighted by atomic mass is 10.1. The summed E-state index contributed by atoms with van der Waals surface area (Å²) in [6.45, 7) is 14.4. The highest BCUT2D eigenvalue weighted by molar-refractivity contribution is 7.91. The second kappa shape index (κ2) is 9.88. The Morgan fingerprint density at radius 2 is 0.879 bits per heavy atom. The Bertz CT molecular complexity index is 1070. The van der Waals surface area contributed by atoms with Gasteiger partial charge in [0.05, 0.1) is 34.2 Å². The Morgan fingerprint density at radius 1 is 0.606 bits per heavy atom. The maximum Gasteiger partial charge on any atom is 0.157 e. The minimum atomic E-state index is -3.49. The van der Waals surface area contributed by atoms with Gasteiger partial charge in [-0.2, -0.15) is 0 Å². The first-order valence-electron chi connectivity index (χ1n) is 11.1. The van der Waals surface area contributed by atoms with Gasteiger partial charge in [0.2, 0.25) is 0 Å². The van der Waals surface area contributed by atoms with Gasteiger partial charge in [0.25, 0.3) is 0 Å². The van der Waals surface area contributed by atoms with Crippen LogP contribution in [0.1, 0.15) is 61.1 Å². The quantitative estimate of drug-likeness (QED) is 0.463. The van der Waals surface area contributed by atoms with Crippen LogP contribution in [0.25, 0.3) is 0 Å². The summed E-state index contributed by atoms with van der Waals surface area (Å²) in [5.74, 6) is -0.532. The number of aryl methyl sites for hydroxylation is 4. The number of benzene rings is 2. The number of hydrogen-bond donors (Lipinski definition) is 0. The van der Waals surface area contributed by atoms with Crippen molar-refractivity contribution in [3.63, 3.8) is 0 Å². The molecule has 0 aromatic heterocycles. The lowest BCUT2D eigenvalue weighted by Crippen LogP contribution is -2.45. The summed E-state index contributed by atoms with van der Waals surface area (Å²) in [5, 5.41) is 0. The van der Waals surface area contributed by atoms with Crippen LogP contribution in [-0.2, 0) is 35.9 Å². The molecule has 2 aromatic rings. The molecule has 2 aromatic carbocycles. The van der Waals surface area contributed by atoms with E-state index in [2.05, 4.69) is 0 Å². The SMILES string of the molecule is Cc1cccc(C)c1CS(=O)(=O)CC(C)(C)OC(C)(C)CS(=O)(=O)Cc1c(C)cccc1C. The first-order valence-corrected chi connectivity index (χ1v) is 14.8. The first-order chi connectivity index (χ1) is 14.9. The van der Waals surface area contributed by atoms with Gasteiger partial charge in [0.15, 0.2) is 19.7 Å². The third-order valence-electron chi connectivity index (χ3n) is 5.71. The molecule has 0 atom stereocenters. The van der Waals surface area contributed by atoms with Crippen LogP contribution in [0, 0.1) is 27.7 Å². The van der Waals surface area contributed by atoms with Gasteiger partial charge in [-0.15, -0.1) is 0 Å². The summed E-state index contributed by atoms with van der Waals surface area (Å²) in [6, 6.07) is 11.4. The Hall–Kier alpha value is -1.70. The van der Waals surface area contributed by atoms with Crippen molar-refractivity contribution in [2.75, 3.05) is 11.5 Å². The summed E-state index contributed by atoms with van der Waals surface area (Å²) in [4.78, 5) is 0. The minimum absolute atomic E-state index is 0.0659. The lowest BCUT2D eigenvalue weighted by molar-refractivity contribution is -0.0975. The maximum absolute atomic E-state index is 13.0. The van der Waals surface area contributed by atoms with Crippen molar-refractivity contribution in [1.82, 2.24) is 0 Å². The van der Waals surface area contributed by atoms with Crippen molar-refractivity contribution < 1.29 is 21.6 Å². The number of rotatable bonds is 10. The predicted octanol–water partition coefficient (Wildman–Crippen LogP) is 5.02. The largest absolute Gasteiger partial charge is 0.368 e.